The predicted molar refractivity (Wildman–Crippen MR) is 66.9 cm³/mol. The maximum Gasteiger partial charge on any atom is 0.181 e. The number of aldehydes is 1. The third-order valence-corrected chi connectivity index (χ3v) is 3.48. The largest absolute Gasteiger partial charge is 0.501 e. The van der Waals surface area contributed by atoms with E-state index in [0.717, 1.165) is 30.5 Å². The minimum absolute atomic E-state index is 0.263. The summed E-state index contributed by atoms with van der Waals surface area (Å²) in [4.78, 5) is 11.1. The molecule has 2 atom stereocenters. The summed E-state index contributed by atoms with van der Waals surface area (Å²) in [6.45, 7) is 4.47. The van der Waals surface area contributed by atoms with Crippen LogP contribution in [-0.2, 0) is 19.0 Å². The van der Waals surface area contributed by atoms with E-state index in [0.29, 0.717) is 6.61 Å². The van der Waals surface area contributed by atoms with Crippen LogP contribution in [0.15, 0.2) is 23.5 Å². The van der Waals surface area contributed by atoms with Gasteiger partial charge in [-0.25, -0.2) is 0 Å². The lowest BCUT2D eigenvalue weighted by molar-refractivity contribution is -0.234. The first-order valence-corrected chi connectivity index (χ1v) is 6.23. The normalized spacial score (nSPS) is 31.3. The van der Waals surface area contributed by atoms with Gasteiger partial charge < -0.3 is 19.0 Å². The van der Waals surface area contributed by atoms with Crippen molar-refractivity contribution < 1.29 is 19.0 Å². The molecule has 0 saturated carbocycles. The van der Waals surface area contributed by atoms with Crippen molar-refractivity contribution in [1.29, 1.82) is 0 Å². The molecule has 2 rings (SSSR count). The SMILES string of the molecule is COC1=CC=C(C2OCC(C)(C)C(C=O)O2)CC1. The van der Waals surface area contributed by atoms with E-state index in [1.54, 1.807) is 7.11 Å². The molecular formula is C14H20O4. The summed E-state index contributed by atoms with van der Waals surface area (Å²) in [5.41, 5.74) is 0.805. The van der Waals surface area contributed by atoms with Gasteiger partial charge in [-0.1, -0.05) is 19.9 Å². The number of carbonyl (C=O) groups excluding carboxylic acids is 1. The molecule has 18 heavy (non-hydrogen) atoms. The first-order chi connectivity index (χ1) is 8.56. The van der Waals surface area contributed by atoms with Crippen LogP contribution in [0, 0.1) is 5.41 Å². The molecule has 2 unspecified atom stereocenters. The third kappa shape index (κ3) is 2.65. The summed E-state index contributed by atoms with van der Waals surface area (Å²) < 4.78 is 16.6. The summed E-state index contributed by atoms with van der Waals surface area (Å²) in [7, 11) is 1.67. The summed E-state index contributed by atoms with van der Waals surface area (Å²) in [6.07, 6.45) is 5.65. The molecule has 0 radical (unpaired) electrons. The fourth-order valence-electron chi connectivity index (χ4n) is 2.14. The Morgan fingerprint density at radius 1 is 1.39 bits per heavy atom. The van der Waals surface area contributed by atoms with Crippen molar-refractivity contribution in [2.75, 3.05) is 13.7 Å². The standard InChI is InChI=1S/C14H20O4/c1-14(2)9-17-13(18-12(14)8-15)10-4-6-11(16-3)7-5-10/h4,6,8,12-13H,5,7,9H2,1-3H3. The minimum Gasteiger partial charge on any atom is -0.501 e. The highest BCUT2D eigenvalue weighted by atomic mass is 16.7. The summed E-state index contributed by atoms with van der Waals surface area (Å²) in [5.74, 6) is 0.960. The van der Waals surface area contributed by atoms with Gasteiger partial charge in [0.05, 0.1) is 19.5 Å². The molecule has 2 aliphatic rings. The molecule has 0 amide bonds. The maximum atomic E-state index is 11.1. The molecule has 0 spiro atoms. The number of carbonyl (C=O) groups is 1. The van der Waals surface area contributed by atoms with Crippen LogP contribution in [-0.4, -0.2) is 32.4 Å². The van der Waals surface area contributed by atoms with Gasteiger partial charge in [-0.3, -0.25) is 0 Å². The maximum absolute atomic E-state index is 11.1. The number of hydrogen-bond donors (Lipinski definition) is 0. The molecule has 4 nitrogen and oxygen atoms in total. The van der Waals surface area contributed by atoms with Crippen molar-refractivity contribution in [2.24, 2.45) is 5.41 Å². The lowest BCUT2D eigenvalue weighted by Gasteiger charge is -2.40. The molecule has 1 heterocycles. The second kappa shape index (κ2) is 5.24. The van der Waals surface area contributed by atoms with Crippen LogP contribution in [0.3, 0.4) is 0 Å². The van der Waals surface area contributed by atoms with Crippen molar-refractivity contribution in [1.82, 2.24) is 0 Å². The van der Waals surface area contributed by atoms with Gasteiger partial charge in [-0.2, -0.15) is 0 Å². The topological polar surface area (TPSA) is 44.8 Å². The third-order valence-electron chi connectivity index (χ3n) is 3.48. The van der Waals surface area contributed by atoms with E-state index in [-0.39, 0.29) is 5.41 Å². The van der Waals surface area contributed by atoms with E-state index >= 15 is 0 Å². The van der Waals surface area contributed by atoms with Gasteiger partial charge in [-0.15, -0.1) is 0 Å². The van der Waals surface area contributed by atoms with Gasteiger partial charge >= 0.3 is 0 Å². The molecule has 0 N–H and O–H groups in total. The Bertz CT molecular complexity index is 381. The highest BCUT2D eigenvalue weighted by Crippen LogP contribution is 2.33. The van der Waals surface area contributed by atoms with Gasteiger partial charge in [0.1, 0.15) is 12.4 Å². The number of hydrogen-bond acceptors (Lipinski definition) is 4. The van der Waals surface area contributed by atoms with Crippen molar-refractivity contribution in [3.8, 4) is 0 Å². The molecule has 0 aromatic carbocycles. The van der Waals surface area contributed by atoms with Crippen molar-refractivity contribution in [3.63, 3.8) is 0 Å². The van der Waals surface area contributed by atoms with Gasteiger partial charge in [0, 0.05) is 11.8 Å². The van der Waals surface area contributed by atoms with Crippen molar-refractivity contribution in [3.05, 3.63) is 23.5 Å². The van der Waals surface area contributed by atoms with E-state index in [4.69, 9.17) is 14.2 Å². The number of methoxy groups -OCH3 is 1. The molecular weight excluding hydrogens is 232 g/mol. The Kier molecular flexibility index (Phi) is 3.88. The minimum atomic E-state index is -0.412. The van der Waals surface area contributed by atoms with E-state index in [1.807, 2.05) is 26.0 Å². The second-order valence-electron chi connectivity index (χ2n) is 5.40. The number of ether oxygens (including phenoxy) is 3. The zero-order valence-corrected chi connectivity index (χ0v) is 11.1. The van der Waals surface area contributed by atoms with Crippen LogP contribution in [0.25, 0.3) is 0 Å². The van der Waals surface area contributed by atoms with E-state index < -0.39 is 12.4 Å². The Labute approximate surface area is 108 Å². The molecule has 0 bridgehead atoms. The molecule has 1 aliphatic heterocycles. The van der Waals surface area contributed by atoms with Crippen LogP contribution in [0.1, 0.15) is 26.7 Å². The summed E-state index contributed by atoms with van der Waals surface area (Å²) >= 11 is 0. The van der Waals surface area contributed by atoms with Crippen molar-refractivity contribution in [2.45, 2.75) is 39.1 Å². The van der Waals surface area contributed by atoms with Gasteiger partial charge in [0.15, 0.2) is 6.29 Å². The molecule has 100 valence electrons. The number of rotatable bonds is 3. The van der Waals surface area contributed by atoms with Crippen LogP contribution < -0.4 is 0 Å². The van der Waals surface area contributed by atoms with Crippen LogP contribution >= 0.6 is 0 Å². The lowest BCUT2D eigenvalue weighted by Crippen LogP contribution is -2.47. The van der Waals surface area contributed by atoms with Crippen molar-refractivity contribution >= 4 is 6.29 Å². The molecule has 1 aliphatic carbocycles. The monoisotopic (exact) mass is 252 g/mol. The van der Waals surface area contributed by atoms with Crippen LogP contribution in [0.2, 0.25) is 0 Å². The molecule has 1 saturated heterocycles. The molecule has 0 aromatic rings. The van der Waals surface area contributed by atoms with Crippen LogP contribution in [0.4, 0.5) is 0 Å². The first kappa shape index (κ1) is 13.3. The quantitative estimate of drug-likeness (QED) is 0.722. The summed E-state index contributed by atoms with van der Waals surface area (Å²) in [6, 6.07) is 0. The smallest absolute Gasteiger partial charge is 0.181 e. The van der Waals surface area contributed by atoms with Gasteiger partial charge in [0.25, 0.3) is 0 Å². The summed E-state index contributed by atoms with van der Waals surface area (Å²) in [5, 5.41) is 0. The average Bonchev–Trinajstić information content (AvgIpc) is 2.39. The zero-order chi connectivity index (χ0) is 13.2. The Morgan fingerprint density at radius 2 is 2.17 bits per heavy atom. The highest BCUT2D eigenvalue weighted by molar-refractivity contribution is 5.58. The van der Waals surface area contributed by atoms with E-state index in [1.165, 1.54) is 0 Å². The lowest BCUT2D eigenvalue weighted by atomic mass is 9.87. The van der Waals surface area contributed by atoms with Gasteiger partial charge in [0.2, 0.25) is 0 Å². The molecule has 1 fully saturated rings. The molecule has 0 aromatic heterocycles. The number of allylic oxidation sites excluding steroid dienone is 3. The van der Waals surface area contributed by atoms with Gasteiger partial charge in [-0.05, 0) is 18.1 Å². The highest BCUT2D eigenvalue weighted by Gasteiger charge is 2.39. The van der Waals surface area contributed by atoms with E-state index in [9.17, 15) is 4.79 Å². The van der Waals surface area contributed by atoms with Crippen LogP contribution in [0.5, 0.6) is 0 Å². The Hall–Kier alpha value is -1.13. The predicted octanol–water partition coefficient (Wildman–Crippen LogP) is 2.20. The van der Waals surface area contributed by atoms with E-state index in [2.05, 4.69) is 0 Å². The Balaban J connectivity index is 2.06. The zero-order valence-electron chi connectivity index (χ0n) is 11.1. The second-order valence-corrected chi connectivity index (χ2v) is 5.40. The molecule has 4 heteroatoms. The Morgan fingerprint density at radius 3 is 2.72 bits per heavy atom. The first-order valence-electron chi connectivity index (χ1n) is 6.23. The fraction of sp³-hybridized carbons (Fsp3) is 0.643. The fourth-order valence-corrected chi connectivity index (χ4v) is 2.14. The average molecular weight is 252 g/mol.